The van der Waals surface area contributed by atoms with Crippen molar-refractivity contribution < 1.29 is 57.0 Å². The molecule has 13 nitrogen and oxygen atoms in total. The lowest BCUT2D eigenvalue weighted by molar-refractivity contribution is -0.298. The van der Waals surface area contributed by atoms with E-state index in [1.807, 2.05) is 0 Å². The summed E-state index contributed by atoms with van der Waals surface area (Å²) in [4.78, 5) is 13.2. The first-order chi connectivity index (χ1) is 34.4. The molecule has 1 rings (SSSR count). The van der Waals surface area contributed by atoms with Gasteiger partial charge in [0.05, 0.1) is 25.4 Å². The number of unbranched alkanes of at least 4 members (excludes halogenated alkanes) is 33. The third kappa shape index (κ3) is 38.5. The van der Waals surface area contributed by atoms with Crippen molar-refractivity contribution >= 4 is 16.3 Å². The highest BCUT2D eigenvalue weighted by Crippen LogP contribution is 2.26. The average molecular weight is 1030 g/mol. The zero-order valence-corrected chi connectivity index (χ0v) is 45.7. The fourth-order valence-electron chi connectivity index (χ4n) is 9.18. The molecule has 0 saturated carbocycles. The maximum absolute atomic E-state index is 13.2. The lowest BCUT2D eigenvalue weighted by Crippen LogP contribution is -2.61. The molecule has 0 aliphatic carbocycles. The minimum Gasteiger partial charge on any atom is -0.394 e. The summed E-state index contributed by atoms with van der Waals surface area (Å²) in [5.74, 6) is -0.714. The first-order valence-corrected chi connectivity index (χ1v) is 30.3. The zero-order valence-electron chi connectivity index (χ0n) is 44.9. The molecule has 14 heteroatoms. The summed E-state index contributed by atoms with van der Waals surface area (Å²) >= 11 is 0. The van der Waals surface area contributed by atoms with Gasteiger partial charge in [0.15, 0.2) is 6.29 Å². The van der Waals surface area contributed by atoms with Crippen molar-refractivity contribution in [1.29, 1.82) is 0 Å². The lowest BCUT2D eigenvalue weighted by Gasteiger charge is -2.41. The van der Waals surface area contributed by atoms with Gasteiger partial charge in [-0.25, -0.2) is 4.18 Å². The van der Waals surface area contributed by atoms with Gasteiger partial charge < -0.3 is 40.3 Å². The Labute approximate surface area is 433 Å². The number of carbonyl (C=O) groups excluding carboxylic acids is 1. The number of hydrogen-bond donors (Lipinski definition) is 7. The van der Waals surface area contributed by atoms with Crippen LogP contribution in [0.25, 0.3) is 0 Å². The highest BCUT2D eigenvalue weighted by Gasteiger charge is 2.48. The van der Waals surface area contributed by atoms with E-state index in [0.29, 0.717) is 12.8 Å². The Morgan fingerprint density at radius 1 is 0.563 bits per heavy atom. The molecule has 0 bridgehead atoms. The van der Waals surface area contributed by atoms with E-state index in [4.69, 9.17) is 9.47 Å². The standard InChI is InChI=1S/C57H107NO12S/c1-3-5-7-9-11-13-15-17-19-21-23-25-26-28-30-32-34-36-38-40-42-44-46-51(61)56(64)58-49(48-68-57-54(63)55(70-71(65,66)67)53(62)52(47-59)69-57)50(60)45-43-41-39-37-35-33-31-29-27-24-22-20-18-16-14-12-10-8-6-4-2/h28,30,35,37,43,45,49-55,57,59-63H,3-27,29,31-34,36,38-42,44,46-48H2,1-2H3,(H,58,64)(H,65,66,67)/b30-28-,37-35+,45-43+. The van der Waals surface area contributed by atoms with Gasteiger partial charge in [-0.2, -0.15) is 8.42 Å². The molecule has 1 aliphatic rings. The van der Waals surface area contributed by atoms with Gasteiger partial charge in [0, 0.05) is 0 Å². The van der Waals surface area contributed by atoms with Gasteiger partial charge in [-0.05, 0) is 57.8 Å². The molecule has 1 saturated heterocycles. The number of hydrogen-bond acceptors (Lipinski definition) is 11. The first kappa shape index (κ1) is 67.3. The Bertz CT molecular complexity index is 1410. The molecule has 8 unspecified atom stereocenters. The number of aliphatic hydroxyl groups excluding tert-OH is 5. The maximum Gasteiger partial charge on any atom is 0.397 e. The molecule has 0 radical (unpaired) electrons. The molecule has 71 heavy (non-hydrogen) atoms. The first-order valence-electron chi connectivity index (χ1n) is 29.0. The van der Waals surface area contributed by atoms with Crippen LogP contribution in [0.2, 0.25) is 0 Å². The Kier molecular flexibility index (Phi) is 44.3. The van der Waals surface area contributed by atoms with Crippen molar-refractivity contribution in [1.82, 2.24) is 5.32 Å². The van der Waals surface area contributed by atoms with E-state index >= 15 is 0 Å². The van der Waals surface area contributed by atoms with Gasteiger partial charge in [-0.15, -0.1) is 0 Å². The summed E-state index contributed by atoms with van der Waals surface area (Å²) in [6.45, 7) is 3.24. The van der Waals surface area contributed by atoms with Crippen LogP contribution in [0.15, 0.2) is 36.5 Å². The van der Waals surface area contributed by atoms with Crippen LogP contribution >= 0.6 is 0 Å². The second-order valence-electron chi connectivity index (χ2n) is 20.4. The molecule has 1 heterocycles. The summed E-state index contributed by atoms with van der Waals surface area (Å²) in [6.07, 6.45) is 46.5. The summed E-state index contributed by atoms with van der Waals surface area (Å²) in [7, 11) is -5.13. The van der Waals surface area contributed by atoms with E-state index in [2.05, 4.69) is 47.7 Å². The lowest BCUT2D eigenvalue weighted by atomic mass is 9.99. The molecule has 1 amide bonds. The summed E-state index contributed by atoms with van der Waals surface area (Å²) in [6, 6.07) is -1.14. The number of aliphatic hydroxyl groups is 5. The van der Waals surface area contributed by atoms with Gasteiger partial charge in [-0.1, -0.05) is 237 Å². The molecule has 418 valence electrons. The number of nitrogens with one attached hydrogen (secondary N) is 1. The maximum atomic E-state index is 13.2. The van der Waals surface area contributed by atoms with E-state index in [9.17, 15) is 43.3 Å². The van der Waals surface area contributed by atoms with Crippen LogP contribution in [-0.2, 0) is 28.9 Å². The average Bonchev–Trinajstić information content (AvgIpc) is 3.35. The summed E-state index contributed by atoms with van der Waals surface area (Å²) < 4.78 is 47.7. The topological polar surface area (TPSA) is 212 Å². The molecule has 7 N–H and O–H groups in total. The number of rotatable bonds is 50. The van der Waals surface area contributed by atoms with E-state index < -0.39 is 78.5 Å². The monoisotopic (exact) mass is 1030 g/mol. The van der Waals surface area contributed by atoms with E-state index in [0.717, 1.165) is 64.2 Å². The van der Waals surface area contributed by atoms with Crippen molar-refractivity contribution in [3.05, 3.63) is 36.5 Å². The van der Waals surface area contributed by atoms with Crippen LogP contribution in [-0.4, -0.2) is 107 Å². The van der Waals surface area contributed by atoms with Gasteiger partial charge >= 0.3 is 10.4 Å². The summed E-state index contributed by atoms with van der Waals surface area (Å²) in [5, 5.41) is 55.5. The number of ether oxygens (including phenoxy) is 2. The van der Waals surface area contributed by atoms with Crippen LogP contribution in [0.5, 0.6) is 0 Å². The van der Waals surface area contributed by atoms with E-state index in [1.165, 1.54) is 167 Å². The number of allylic oxidation sites excluding steroid dienone is 5. The number of amides is 1. The Morgan fingerprint density at radius 2 is 0.944 bits per heavy atom. The van der Waals surface area contributed by atoms with Crippen LogP contribution in [0.1, 0.15) is 258 Å². The van der Waals surface area contributed by atoms with Crippen LogP contribution < -0.4 is 5.32 Å². The minimum absolute atomic E-state index is 0.230. The van der Waals surface area contributed by atoms with Crippen molar-refractivity contribution in [2.24, 2.45) is 0 Å². The van der Waals surface area contributed by atoms with Gasteiger partial charge in [0.25, 0.3) is 0 Å². The van der Waals surface area contributed by atoms with Crippen LogP contribution in [0.4, 0.5) is 0 Å². The van der Waals surface area contributed by atoms with E-state index in [-0.39, 0.29) is 6.42 Å². The molecule has 1 aliphatic heterocycles. The quantitative estimate of drug-likeness (QED) is 0.0172. The highest BCUT2D eigenvalue weighted by molar-refractivity contribution is 7.80. The second-order valence-corrected chi connectivity index (χ2v) is 21.4. The van der Waals surface area contributed by atoms with Crippen molar-refractivity contribution in [2.45, 2.75) is 307 Å². The molecular formula is C57H107NO12S. The molecular weight excluding hydrogens is 923 g/mol. The molecule has 1 fully saturated rings. The third-order valence-electron chi connectivity index (χ3n) is 13.8. The molecule has 0 spiro atoms. The zero-order chi connectivity index (χ0) is 52.1. The summed E-state index contributed by atoms with van der Waals surface area (Å²) in [5.41, 5.74) is 0. The van der Waals surface area contributed by atoms with Crippen molar-refractivity contribution in [2.75, 3.05) is 13.2 Å². The van der Waals surface area contributed by atoms with Gasteiger partial charge in [0.2, 0.25) is 5.91 Å². The Balaban J connectivity index is 2.46. The van der Waals surface area contributed by atoms with Crippen LogP contribution in [0, 0.1) is 0 Å². The van der Waals surface area contributed by atoms with Crippen LogP contribution in [0.3, 0.4) is 0 Å². The SMILES string of the molecule is CCCCCCCCCCCCCC/C=C\CCCCCCCCC(O)C(=O)NC(COC1OC(CO)C(O)C(OS(=O)(=O)O)C1O)C(O)/C=C/CC/C=C/CCCCCCCCCCCCCCCC. The van der Waals surface area contributed by atoms with Crippen molar-refractivity contribution in [3.63, 3.8) is 0 Å². The van der Waals surface area contributed by atoms with Gasteiger partial charge in [0.1, 0.15) is 30.5 Å². The highest BCUT2D eigenvalue weighted by atomic mass is 32.3. The predicted molar refractivity (Wildman–Crippen MR) is 288 cm³/mol. The smallest absolute Gasteiger partial charge is 0.394 e. The fourth-order valence-corrected chi connectivity index (χ4v) is 9.69. The fraction of sp³-hybridized carbons (Fsp3) is 0.877. The van der Waals surface area contributed by atoms with Crippen molar-refractivity contribution in [3.8, 4) is 0 Å². The molecule has 0 aromatic rings. The van der Waals surface area contributed by atoms with E-state index in [1.54, 1.807) is 6.08 Å². The Hall–Kier alpha value is -1.72. The minimum atomic E-state index is -5.13. The number of carbonyl (C=O) groups is 1. The molecule has 0 aromatic carbocycles. The Morgan fingerprint density at radius 3 is 1.35 bits per heavy atom. The second kappa shape index (κ2) is 46.8. The predicted octanol–water partition coefficient (Wildman–Crippen LogP) is 12.4. The van der Waals surface area contributed by atoms with Gasteiger partial charge in [-0.3, -0.25) is 9.35 Å². The molecule has 0 aromatic heterocycles. The largest absolute Gasteiger partial charge is 0.397 e. The normalized spacial score (nSPS) is 20.1. The third-order valence-corrected chi connectivity index (χ3v) is 14.2. The molecule has 8 atom stereocenters.